The Kier molecular flexibility index (Phi) is 5.30. The summed E-state index contributed by atoms with van der Waals surface area (Å²) in [6, 6.07) is 13.1. The molecule has 2 aromatic rings. The van der Waals surface area contributed by atoms with Gasteiger partial charge in [-0.15, -0.1) is 0 Å². The largest absolute Gasteiger partial charge is 0.507 e. The number of carbonyl (C=O) groups is 1. The van der Waals surface area contributed by atoms with E-state index >= 15 is 0 Å². The van der Waals surface area contributed by atoms with Gasteiger partial charge in [-0.05, 0) is 24.0 Å². The molecule has 6 heteroatoms. The van der Waals surface area contributed by atoms with Crippen LogP contribution in [0.1, 0.15) is 35.2 Å². The molecular formula is C17H17NO5. The van der Waals surface area contributed by atoms with E-state index in [0.29, 0.717) is 6.42 Å². The van der Waals surface area contributed by atoms with Gasteiger partial charge in [-0.3, -0.25) is 10.1 Å². The van der Waals surface area contributed by atoms with Crippen molar-refractivity contribution in [1.29, 1.82) is 0 Å². The van der Waals surface area contributed by atoms with Crippen LogP contribution >= 0.6 is 0 Å². The number of rotatable bonds is 6. The van der Waals surface area contributed by atoms with Gasteiger partial charge >= 0.3 is 5.97 Å². The van der Waals surface area contributed by atoms with Gasteiger partial charge in [0.05, 0.1) is 11.5 Å². The van der Waals surface area contributed by atoms with Crippen LogP contribution in [0.4, 0.5) is 5.69 Å². The van der Waals surface area contributed by atoms with Crippen LogP contribution in [0.3, 0.4) is 0 Å². The standard InChI is InChI=1S/C17H17NO5/c1-12(13-5-3-2-4-6-13)9-10-23-17(20)15-11-14(18(21)22)7-8-16(15)19/h2-8,11-12,19H,9-10H2,1H3. The number of phenolic OH excluding ortho intramolecular Hbond substituents is 1. The first kappa shape index (κ1) is 16.5. The molecule has 0 amide bonds. The first-order valence-corrected chi connectivity index (χ1v) is 7.18. The Morgan fingerprint density at radius 2 is 1.96 bits per heavy atom. The van der Waals surface area contributed by atoms with Crippen molar-refractivity contribution in [2.24, 2.45) is 0 Å². The summed E-state index contributed by atoms with van der Waals surface area (Å²) in [6.07, 6.45) is 0.617. The van der Waals surface area contributed by atoms with Crippen molar-refractivity contribution in [2.45, 2.75) is 19.3 Å². The zero-order valence-electron chi connectivity index (χ0n) is 12.6. The van der Waals surface area contributed by atoms with E-state index in [1.807, 2.05) is 37.3 Å². The minimum absolute atomic E-state index is 0.164. The number of non-ortho nitro benzene ring substituents is 1. The number of hydrogen-bond donors (Lipinski definition) is 1. The fourth-order valence-electron chi connectivity index (χ4n) is 2.16. The minimum Gasteiger partial charge on any atom is -0.507 e. The molecule has 0 heterocycles. The highest BCUT2D eigenvalue weighted by atomic mass is 16.6. The van der Waals surface area contributed by atoms with Crippen LogP contribution in [0.5, 0.6) is 5.75 Å². The van der Waals surface area contributed by atoms with Gasteiger partial charge in [0.1, 0.15) is 11.3 Å². The first-order chi connectivity index (χ1) is 11.0. The average Bonchev–Trinajstić information content (AvgIpc) is 2.55. The summed E-state index contributed by atoms with van der Waals surface area (Å²) in [5.74, 6) is -0.897. The molecule has 0 aliphatic rings. The molecule has 0 radical (unpaired) electrons. The Morgan fingerprint density at radius 3 is 2.61 bits per heavy atom. The molecule has 23 heavy (non-hydrogen) atoms. The lowest BCUT2D eigenvalue weighted by atomic mass is 9.98. The predicted octanol–water partition coefficient (Wildman–Crippen LogP) is 3.65. The monoisotopic (exact) mass is 315 g/mol. The second-order valence-electron chi connectivity index (χ2n) is 5.19. The van der Waals surface area contributed by atoms with Crippen LogP contribution < -0.4 is 0 Å². The number of nitrogens with zero attached hydrogens (tertiary/aromatic N) is 1. The van der Waals surface area contributed by atoms with Crippen LogP contribution in [0.15, 0.2) is 48.5 Å². The molecule has 0 fully saturated rings. The zero-order valence-corrected chi connectivity index (χ0v) is 12.6. The molecule has 0 saturated heterocycles. The van der Waals surface area contributed by atoms with E-state index in [1.54, 1.807) is 0 Å². The molecule has 0 aliphatic heterocycles. The Balaban J connectivity index is 1.95. The zero-order chi connectivity index (χ0) is 16.8. The Labute approximate surface area is 133 Å². The molecule has 0 aromatic heterocycles. The van der Waals surface area contributed by atoms with Crippen LogP contribution in [-0.4, -0.2) is 22.6 Å². The van der Waals surface area contributed by atoms with Gasteiger partial charge in [-0.25, -0.2) is 4.79 Å². The lowest BCUT2D eigenvalue weighted by molar-refractivity contribution is -0.384. The minimum atomic E-state index is -0.772. The molecule has 2 rings (SSSR count). The van der Waals surface area contributed by atoms with E-state index in [4.69, 9.17) is 4.74 Å². The molecule has 2 aromatic carbocycles. The smallest absolute Gasteiger partial charge is 0.342 e. The highest BCUT2D eigenvalue weighted by molar-refractivity contribution is 5.93. The maximum Gasteiger partial charge on any atom is 0.342 e. The third kappa shape index (κ3) is 4.29. The summed E-state index contributed by atoms with van der Waals surface area (Å²) < 4.78 is 5.11. The molecule has 0 bridgehead atoms. The van der Waals surface area contributed by atoms with E-state index in [0.717, 1.165) is 23.8 Å². The van der Waals surface area contributed by atoms with Crippen molar-refractivity contribution in [1.82, 2.24) is 0 Å². The number of benzene rings is 2. The fourth-order valence-corrected chi connectivity index (χ4v) is 2.16. The molecule has 0 saturated carbocycles. The number of esters is 1. The van der Waals surface area contributed by atoms with E-state index in [9.17, 15) is 20.0 Å². The number of ether oxygens (including phenoxy) is 1. The lowest BCUT2D eigenvalue weighted by Gasteiger charge is -2.12. The highest BCUT2D eigenvalue weighted by Crippen LogP contribution is 2.24. The van der Waals surface area contributed by atoms with E-state index in [2.05, 4.69) is 0 Å². The quantitative estimate of drug-likeness (QED) is 0.499. The van der Waals surface area contributed by atoms with Crippen LogP contribution in [0, 0.1) is 10.1 Å². The maximum atomic E-state index is 12.0. The summed E-state index contributed by atoms with van der Waals surface area (Å²) in [4.78, 5) is 22.0. The lowest BCUT2D eigenvalue weighted by Crippen LogP contribution is -2.09. The van der Waals surface area contributed by atoms with Crippen molar-refractivity contribution in [3.8, 4) is 5.75 Å². The van der Waals surface area contributed by atoms with Gasteiger partial charge in [0, 0.05) is 12.1 Å². The maximum absolute atomic E-state index is 12.0. The van der Waals surface area contributed by atoms with Crippen molar-refractivity contribution >= 4 is 11.7 Å². The average molecular weight is 315 g/mol. The molecule has 0 spiro atoms. The van der Waals surface area contributed by atoms with E-state index in [-0.39, 0.29) is 29.5 Å². The van der Waals surface area contributed by atoms with E-state index < -0.39 is 10.9 Å². The van der Waals surface area contributed by atoms with E-state index in [1.165, 1.54) is 0 Å². The van der Waals surface area contributed by atoms with Crippen molar-refractivity contribution in [3.63, 3.8) is 0 Å². The summed E-state index contributed by atoms with van der Waals surface area (Å²) in [7, 11) is 0. The van der Waals surface area contributed by atoms with Crippen LogP contribution in [0.2, 0.25) is 0 Å². The molecular weight excluding hydrogens is 298 g/mol. The number of nitro groups is 1. The summed E-state index contributed by atoms with van der Waals surface area (Å²) in [5, 5.41) is 20.4. The van der Waals surface area contributed by atoms with Crippen LogP contribution in [-0.2, 0) is 4.74 Å². The van der Waals surface area contributed by atoms with Gasteiger partial charge in [0.15, 0.2) is 0 Å². The number of aromatic hydroxyl groups is 1. The van der Waals surface area contributed by atoms with Crippen molar-refractivity contribution < 1.29 is 19.6 Å². The molecule has 1 atom stereocenters. The van der Waals surface area contributed by atoms with Gasteiger partial charge in [0.2, 0.25) is 0 Å². The third-order valence-corrected chi connectivity index (χ3v) is 3.56. The Morgan fingerprint density at radius 1 is 1.26 bits per heavy atom. The predicted molar refractivity (Wildman–Crippen MR) is 84.5 cm³/mol. The third-order valence-electron chi connectivity index (χ3n) is 3.56. The second kappa shape index (κ2) is 7.40. The van der Waals surface area contributed by atoms with Gasteiger partial charge in [-0.2, -0.15) is 0 Å². The summed E-state index contributed by atoms with van der Waals surface area (Å²) >= 11 is 0. The van der Waals surface area contributed by atoms with Crippen molar-refractivity contribution in [3.05, 3.63) is 69.8 Å². The van der Waals surface area contributed by atoms with Gasteiger partial charge in [-0.1, -0.05) is 37.3 Å². The van der Waals surface area contributed by atoms with Gasteiger partial charge in [0.25, 0.3) is 5.69 Å². The summed E-state index contributed by atoms with van der Waals surface area (Å²) in [6.45, 7) is 2.19. The summed E-state index contributed by atoms with van der Waals surface area (Å²) in [5.41, 5.74) is 0.667. The Bertz CT molecular complexity index is 699. The SMILES string of the molecule is CC(CCOC(=O)c1cc([N+](=O)[O-])ccc1O)c1ccccc1. The number of carbonyl (C=O) groups excluding carboxylic acids is 1. The van der Waals surface area contributed by atoms with Crippen LogP contribution in [0.25, 0.3) is 0 Å². The molecule has 1 unspecified atom stereocenters. The molecule has 6 nitrogen and oxygen atoms in total. The second-order valence-corrected chi connectivity index (χ2v) is 5.19. The number of hydrogen-bond acceptors (Lipinski definition) is 5. The normalized spacial score (nSPS) is 11.7. The molecule has 120 valence electrons. The number of phenols is 1. The molecule has 1 N–H and O–H groups in total. The van der Waals surface area contributed by atoms with Gasteiger partial charge < -0.3 is 9.84 Å². The molecule has 0 aliphatic carbocycles. The number of nitro benzene ring substituents is 1. The first-order valence-electron chi connectivity index (χ1n) is 7.18. The fraction of sp³-hybridized carbons (Fsp3) is 0.235. The Hall–Kier alpha value is -2.89. The highest BCUT2D eigenvalue weighted by Gasteiger charge is 2.18. The van der Waals surface area contributed by atoms with Crippen molar-refractivity contribution in [2.75, 3.05) is 6.61 Å². The topological polar surface area (TPSA) is 89.7 Å².